The Labute approximate surface area is 135 Å². The quantitative estimate of drug-likeness (QED) is 0.899. The number of halogens is 3. The summed E-state index contributed by atoms with van der Waals surface area (Å²) in [7, 11) is 0. The molecule has 0 unspecified atom stereocenters. The molecule has 7 heteroatoms. The topological polar surface area (TPSA) is 42.0 Å². The molecule has 1 amide bonds. The van der Waals surface area contributed by atoms with E-state index in [2.05, 4.69) is 10.3 Å². The van der Waals surface area contributed by atoms with Crippen LogP contribution in [0.4, 0.5) is 18.3 Å². The summed E-state index contributed by atoms with van der Waals surface area (Å²) in [5, 5.41) is 3.26. The molecule has 1 N–H and O–H groups in total. The highest BCUT2D eigenvalue weighted by Gasteiger charge is 2.39. The zero-order valence-electron chi connectivity index (χ0n) is 12.4. The van der Waals surface area contributed by atoms with Gasteiger partial charge >= 0.3 is 6.18 Å². The lowest BCUT2D eigenvalue weighted by Gasteiger charge is -2.07. The fourth-order valence-electron chi connectivity index (χ4n) is 2.39. The van der Waals surface area contributed by atoms with E-state index >= 15 is 0 Å². The minimum atomic E-state index is -4.34. The van der Waals surface area contributed by atoms with E-state index in [9.17, 15) is 18.0 Å². The second-order valence-corrected chi connectivity index (χ2v) is 6.93. The molecule has 1 aromatic heterocycles. The first-order chi connectivity index (χ1) is 10.8. The lowest BCUT2D eigenvalue weighted by Crippen LogP contribution is -2.13. The van der Waals surface area contributed by atoms with Crippen LogP contribution in [0.1, 0.15) is 29.3 Å². The molecule has 0 aliphatic heterocycles. The highest BCUT2D eigenvalue weighted by Crippen LogP contribution is 2.38. The molecule has 122 valence electrons. The van der Waals surface area contributed by atoms with Gasteiger partial charge in [0.1, 0.15) is 0 Å². The van der Waals surface area contributed by atoms with Crippen molar-refractivity contribution >= 4 is 22.4 Å². The first-order valence-electron chi connectivity index (χ1n) is 7.24. The van der Waals surface area contributed by atoms with Gasteiger partial charge in [-0.15, -0.1) is 11.3 Å². The van der Waals surface area contributed by atoms with Gasteiger partial charge in [0.25, 0.3) is 0 Å². The van der Waals surface area contributed by atoms with Gasteiger partial charge in [0.15, 0.2) is 5.13 Å². The normalized spacial score (nSPS) is 20.3. The Bertz CT molecular complexity index is 726. The number of thiazole rings is 1. The first kappa shape index (κ1) is 16.0. The predicted molar refractivity (Wildman–Crippen MR) is 82.3 cm³/mol. The van der Waals surface area contributed by atoms with Crippen molar-refractivity contribution in [1.82, 2.24) is 4.98 Å². The number of benzene rings is 1. The van der Waals surface area contributed by atoms with Crippen LogP contribution in [0.3, 0.4) is 0 Å². The number of hydrogen-bond acceptors (Lipinski definition) is 3. The Morgan fingerprint density at radius 1 is 1.43 bits per heavy atom. The molecule has 0 bridgehead atoms. The molecule has 1 saturated carbocycles. The molecule has 2 atom stereocenters. The Morgan fingerprint density at radius 2 is 2.17 bits per heavy atom. The third kappa shape index (κ3) is 3.90. The molecule has 0 radical (unpaired) electrons. The highest BCUT2D eigenvalue weighted by atomic mass is 32.1. The fourth-order valence-corrected chi connectivity index (χ4v) is 3.24. The number of carbonyl (C=O) groups excluding carboxylic acids is 1. The van der Waals surface area contributed by atoms with E-state index in [0.29, 0.717) is 23.0 Å². The van der Waals surface area contributed by atoms with Crippen LogP contribution in [0.25, 0.3) is 0 Å². The molecular formula is C16H15F3N2OS. The third-order valence-electron chi connectivity index (χ3n) is 3.86. The number of carbonyl (C=O) groups is 1. The second kappa shape index (κ2) is 5.96. The van der Waals surface area contributed by atoms with Gasteiger partial charge in [-0.05, 0) is 24.0 Å². The summed E-state index contributed by atoms with van der Waals surface area (Å²) in [6.07, 6.45) is -1.49. The van der Waals surface area contributed by atoms with Gasteiger partial charge in [-0.1, -0.05) is 25.1 Å². The van der Waals surface area contributed by atoms with Crippen LogP contribution in [0, 0.1) is 11.8 Å². The van der Waals surface area contributed by atoms with Gasteiger partial charge in [0.05, 0.1) is 5.56 Å². The van der Waals surface area contributed by atoms with Gasteiger partial charge in [-0.25, -0.2) is 4.98 Å². The van der Waals surface area contributed by atoms with Gasteiger partial charge in [0.2, 0.25) is 5.91 Å². The molecule has 1 fully saturated rings. The van der Waals surface area contributed by atoms with E-state index in [0.717, 1.165) is 23.4 Å². The summed E-state index contributed by atoms with van der Waals surface area (Å²) in [6.45, 7) is 2.02. The molecular weight excluding hydrogens is 325 g/mol. The van der Waals surface area contributed by atoms with E-state index < -0.39 is 11.7 Å². The molecule has 1 aromatic carbocycles. The number of nitrogens with zero attached hydrogens (tertiary/aromatic N) is 1. The standard InChI is InChI=1S/C16H15F3N2OS/c1-9-5-13(9)14(22)21-15-20-8-12(23-15)7-10-3-2-4-11(6-10)16(17,18)19/h2-4,6,8-9,13H,5,7H2,1H3,(H,20,21,22)/t9-,13+/m1/s1. The minimum absolute atomic E-state index is 0.0301. The van der Waals surface area contributed by atoms with Crippen molar-refractivity contribution in [2.24, 2.45) is 11.8 Å². The number of amides is 1. The molecule has 23 heavy (non-hydrogen) atoms. The van der Waals surface area contributed by atoms with Crippen LogP contribution >= 0.6 is 11.3 Å². The largest absolute Gasteiger partial charge is 0.416 e. The van der Waals surface area contributed by atoms with E-state index in [4.69, 9.17) is 0 Å². The van der Waals surface area contributed by atoms with Crippen molar-refractivity contribution < 1.29 is 18.0 Å². The van der Waals surface area contributed by atoms with Crippen LogP contribution in [-0.2, 0) is 17.4 Å². The summed E-state index contributed by atoms with van der Waals surface area (Å²) < 4.78 is 38.1. The lowest BCUT2D eigenvalue weighted by atomic mass is 10.1. The summed E-state index contributed by atoms with van der Waals surface area (Å²) in [5.74, 6) is 0.447. The van der Waals surface area contributed by atoms with Crippen LogP contribution in [-0.4, -0.2) is 10.9 Å². The Balaban J connectivity index is 1.66. The summed E-state index contributed by atoms with van der Waals surface area (Å²) in [6, 6.07) is 5.25. The van der Waals surface area contributed by atoms with Crippen molar-refractivity contribution in [1.29, 1.82) is 0 Å². The van der Waals surface area contributed by atoms with Gasteiger partial charge in [0, 0.05) is 23.4 Å². The SMILES string of the molecule is C[C@@H]1C[C@@H]1C(=O)Nc1ncc(Cc2cccc(C(F)(F)F)c2)s1. The average Bonchev–Trinajstić information content (AvgIpc) is 3.05. The molecule has 1 aliphatic carbocycles. The second-order valence-electron chi connectivity index (χ2n) is 5.82. The number of aromatic nitrogens is 1. The molecule has 0 spiro atoms. The summed E-state index contributed by atoms with van der Waals surface area (Å²) in [4.78, 5) is 16.8. The van der Waals surface area contributed by atoms with Crippen molar-refractivity contribution in [3.05, 3.63) is 46.5 Å². The maximum atomic E-state index is 12.7. The summed E-state index contributed by atoms with van der Waals surface area (Å²) >= 11 is 1.29. The van der Waals surface area contributed by atoms with E-state index in [1.54, 1.807) is 12.3 Å². The van der Waals surface area contributed by atoms with Gasteiger partial charge < -0.3 is 5.32 Å². The lowest BCUT2D eigenvalue weighted by molar-refractivity contribution is -0.137. The number of rotatable bonds is 4. The molecule has 3 rings (SSSR count). The van der Waals surface area contributed by atoms with Crippen LogP contribution in [0.15, 0.2) is 30.5 Å². The fraction of sp³-hybridized carbons (Fsp3) is 0.375. The zero-order chi connectivity index (χ0) is 16.6. The smallest absolute Gasteiger partial charge is 0.302 e. The van der Waals surface area contributed by atoms with Crippen LogP contribution < -0.4 is 5.32 Å². The average molecular weight is 340 g/mol. The highest BCUT2D eigenvalue weighted by molar-refractivity contribution is 7.15. The zero-order valence-corrected chi connectivity index (χ0v) is 13.2. The Kier molecular flexibility index (Phi) is 4.14. The first-order valence-corrected chi connectivity index (χ1v) is 8.06. The number of anilines is 1. The van der Waals surface area contributed by atoms with Crippen LogP contribution in [0.2, 0.25) is 0 Å². The number of nitrogens with one attached hydrogen (secondary N) is 1. The van der Waals surface area contributed by atoms with Gasteiger partial charge in [-0.2, -0.15) is 13.2 Å². The molecule has 1 aliphatic rings. The molecule has 1 heterocycles. The number of alkyl halides is 3. The Hall–Kier alpha value is -1.89. The van der Waals surface area contributed by atoms with Crippen LogP contribution in [0.5, 0.6) is 0 Å². The summed E-state index contributed by atoms with van der Waals surface area (Å²) in [5.41, 5.74) is -0.0899. The monoisotopic (exact) mass is 340 g/mol. The van der Waals surface area contributed by atoms with E-state index in [1.165, 1.54) is 17.4 Å². The van der Waals surface area contributed by atoms with Crippen molar-refractivity contribution in [2.45, 2.75) is 25.9 Å². The van der Waals surface area contributed by atoms with Gasteiger partial charge in [-0.3, -0.25) is 4.79 Å². The predicted octanol–water partition coefficient (Wildman–Crippen LogP) is 4.35. The van der Waals surface area contributed by atoms with Crippen molar-refractivity contribution in [3.8, 4) is 0 Å². The maximum Gasteiger partial charge on any atom is 0.416 e. The molecule has 0 saturated heterocycles. The molecule has 3 nitrogen and oxygen atoms in total. The molecule has 2 aromatic rings. The maximum absolute atomic E-state index is 12.7. The van der Waals surface area contributed by atoms with E-state index in [-0.39, 0.29) is 11.8 Å². The minimum Gasteiger partial charge on any atom is -0.302 e. The van der Waals surface area contributed by atoms with E-state index in [1.807, 2.05) is 6.92 Å². The number of hydrogen-bond donors (Lipinski definition) is 1. The Morgan fingerprint density at radius 3 is 2.83 bits per heavy atom. The van der Waals surface area contributed by atoms with Crippen molar-refractivity contribution in [2.75, 3.05) is 5.32 Å². The third-order valence-corrected chi connectivity index (χ3v) is 4.78. The van der Waals surface area contributed by atoms with Crippen molar-refractivity contribution in [3.63, 3.8) is 0 Å².